The number of benzene rings is 1. The molecular formula is C16H16N4O2S. The highest BCUT2D eigenvalue weighted by Crippen LogP contribution is 2.31. The van der Waals surface area contributed by atoms with Gasteiger partial charge in [0.2, 0.25) is 0 Å². The molecule has 0 fully saturated rings. The molecule has 0 unspecified atom stereocenters. The van der Waals surface area contributed by atoms with Crippen molar-refractivity contribution < 1.29 is 9.90 Å². The van der Waals surface area contributed by atoms with Crippen LogP contribution in [-0.2, 0) is 6.54 Å². The normalized spacial score (nSPS) is 10.7. The molecule has 0 saturated carbocycles. The first-order chi connectivity index (χ1) is 11.2. The number of aryl methyl sites for hydroxylation is 1. The van der Waals surface area contributed by atoms with Gasteiger partial charge in [-0.15, -0.1) is 11.3 Å². The number of thiazole rings is 1. The lowest BCUT2D eigenvalue weighted by Gasteiger charge is -2.00. The van der Waals surface area contributed by atoms with Crippen LogP contribution >= 0.6 is 11.3 Å². The minimum Gasteiger partial charge on any atom is -0.507 e. The highest BCUT2D eigenvalue weighted by molar-refractivity contribution is 7.13. The Labute approximate surface area is 137 Å². The van der Waals surface area contributed by atoms with E-state index < -0.39 is 0 Å². The van der Waals surface area contributed by atoms with Crippen LogP contribution in [0.15, 0.2) is 42.0 Å². The summed E-state index contributed by atoms with van der Waals surface area (Å²) in [7, 11) is 0. The summed E-state index contributed by atoms with van der Waals surface area (Å²) in [4.78, 5) is 16.5. The van der Waals surface area contributed by atoms with Gasteiger partial charge in [-0.05, 0) is 18.6 Å². The number of phenols is 1. The zero-order valence-electron chi connectivity index (χ0n) is 12.6. The van der Waals surface area contributed by atoms with Crippen molar-refractivity contribution in [3.05, 3.63) is 47.7 Å². The highest BCUT2D eigenvalue weighted by Gasteiger charge is 2.14. The van der Waals surface area contributed by atoms with Crippen LogP contribution < -0.4 is 5.32 Å². The van der Waals surface area contributed by atoms with Crippen molar-refractivity contribution in [3.8, 4) is 16.3 Å². The zero-order chi connectivity index (χ0) is 16.2. The average Bonchev–Trinajstić information content (AvgIpc) is 3.18. The number of phenolic OH excluding ortho intramolecular Hbond substituents is 1. The van der Waals surface area contributed by atoms with Gasteiger partial charge in [0.1, 0.15) is 16.5 Å². The zero-order valence-corrected chi connectivity index (χ0v) is 13.4. The second-order valence-corrected chi connectivity index (χ2v) is 5.86. The molecule has 23 heavy (non-hydrogen) atoms. The van der Waals surface area contributed by atoms with E-state index in [4.69, 9.17) is 0 Å². The van der Waals surface area contributed by atoms with Crippen molar-refractivity contribution in [1.82, 2.24) is 14.8 Å². The number of nitrogens with zero attached hydrogens (tertiary/aromatic N) is 3. The van der Waals surface area contributed by atoms with Gasteiger partial charge in [-0.1, -0.05) is 19.1 Å². The van der Waals surface area contributed by atoms with E-state index in [0.29, 0.717) is 22.0 Å². The van der Waals surface area contributed by atoms with Gasteiger partial charge < -0.3 is 10.4 Å². The van der Waals surface area contributed by atoms with Crippen LogP contribution in [0.4, 0.5) is 5.69 Å². The SMILES string of the molecule is CCCn1cc(NC(=O)c2csc(-c3ccccc3O)n2)cn1. The molecule has 0 aliphatic heterocycles. The Balaban J connectivity index is 1.74. The van der Waals surface area contributed by atoms with Gasteiger partial charge in [0.05, 0.1) is 17.4 Å². The van der Waals surface area contributed by atoms with Gasteiger partial charge in [0.15, 0.2) is 0 Å². The first kappa shape index (κ1) is 15.2. The number of amides is 1. The van der Waals surface area contributed by atoms with Gasteiger partial charge in [-0.25, -0.2) is 4.98 Å². The van der Waals surface area contributed by atoms with E-state index >= 15 is 0 Å². The number of rotatable bonds is 5. The molecule has 6 nitrogen and oxygen atoms in total. The maximum atomic E-state index is 12.2. The summed E-state index contributed by atoms with van der Waals surface area (Å²) in [6.07, 6.45) is 4.38. The van der Waals surface area contributed by atoms with E-state index in [9.17, 15) is 9.90 Å². The van der Waals surface area contributed by atoms with Crippen LogP contribution in [0.5, 0.6) is 5.75 Å². The molecule has 0 aliphatic carbocycles. The molecule has 118 valence electrons. The average molecular weight is 328 g/mol. The molecule has 1 amide bonds. The van der Waals surface area contributed by atoms with Gasteiger partial charge in [0.25, 0.3) is 5.91 Å². The molecule has 0 atom stereocenters. The molecule has 0 aliphatic rings. The first-order valence-electron chi connectivity index (χ1n) is 7.25. The third-order valence-electron chi connectivity index (χ3n) is 3.22. The monoisotopic (exact) mass is 328 g/mol. The number of aromatic nitrogens is 3. The molecule has 0 bridgehead atoms. The van der Waals surface area contributed by atoms with Crippen molar-refractivity contribution in [2.45, 2.75) is 19.9 Å². The van der Waals surface area contributed by atoms with E-state index in [1.807, 2.05) is 6.07 Å². The summed E-state index contributed by atoms with van der Waals surface area (Å²) in [5.74, 6) is -0.145. The lowest BCUT2D eigenvalue weighted by molar-refractivity contribution is 0.102. The summed E-state index contributed by atoms with van der Waals surface area (Å²) in [5, 5.41) is 19.1. The van der Waals surface area contributed by atoms with Crippen molar-refractivity contribution in [2.75, 3.05) is 5.32 Å². The number of nitrogens with one attached hydrogen (secondary N) is 1. The molecule has 2 aromatic heterocycles. The van der Waals surface area contributed by atoms with Gasteiger partial charge >= 0.3 is 0 Å². The van der Waals surface area contributed by atoms with Gasteiger partial charge in [-0.3, -0.25) is 9.48 Å². The predicted molar refractivity (Wildman–Crippen MR) is 89.7 cm³/mol. The fourth-order valence-corrected chi connectivity index (χ4v) is 2.96. The summed E-state index contributed by atoms with van der Waals surface area (Å²) >= 11 is 1.32. The third-order valence-corrected chi connectivity index (χ3v) is 4.09. The van der Waals surface area contributed by atoms with Crippen LogP contribution in [-0.4, -0.2) is 25.8 Å². The smallest absolute Gasteiger partial charge is 0.275 e. The molecule has 2 N–H and O–H groups in total. The fourth-order valence-electron chi connectivity index (χ4n) is 2.13. The Hall–Kier alpha value is -2.67. The number of anilines is 1. The van der Waals surface area contributed by atoms with Crippen molar-refractivity contribution in [3.63, 3.8) is 0 Å². The maximum absolute atomic E-state index is 12.2. The number of carbonyl (C=O) groups excluding carboxylic acids is 1. The highest BCUT2D eigenvalue weighted by atomic mass is 32.1. The summed E-state index contributed by atoms with van der Waals surface area (Å²) < 4.78 is 1.78. The van der Waals surface area contributed by atoms with E-state index in [2.05, 4.69) is 22.3 Å². The summed E-state index contributed by atoms with van der Waals surface area (Å²) in [6.45, 7) is 2.87. The number of carbonyl (C=O) groups is 1. The Morgan fingerprint density at radius 2 is 2.22 bits per heavy atom. The molecule has 7 heteroatoms. The lowest BCUT2D eigenvalue weighted by atomic mass is 10.2. The fraction of sp³-hybridized carbons (Fsp3) is 0.188. The minimum atomic E-state index is -0.293. The number of aromatic hydroxyl groups is 1. The van der Waals surface area contributed by atoms with Crippen LogP contribution in [0.2, 0.25) is 0 Å². The van der Waals surface area contributed by atoms with Crippen molar-refractivity contribution >= 4 is 22.9 Å². The molecular weight excluding hydrogens is 312 g/mol. The van der Waals surface area contributed by atoms with Crippen LogP contribution in [0.25, 0.3) is 10.6 Å². The Morgan fingerprint density at radius 3 is 3.00 bits per heavy atom. The second-order valence-electron chi connectivity index (χ2n) is 5.00. The maximum Gasteiger partial charge on any atom is 0.275 e. The van der Waals surface area contributed by atoms with E-state index in [0.717, 1.165) is 13.0 Å². The van der Waals surface area contributed by atoms with E-state index in [1.165, 1.54) is 11.3 Å². The Kier molecular flexibility index (Phi) is 4.38. The van der Waals surface area contributed by atoms with Crippen LogP contribution in [0.3, 0.4) is 0 Å². The van der Waals surface area contributed by atoms with Crippen molar-refractivity contribution in [2.24, 2.45) is 0 Å². The Morgan fingerprint density at radius 1 is 1.39 bits per heavy atom. The predicted octanol–water partition coefficient (Wildman–Crippen LogP) is 3.37. The lowest BCUT2D eigenvalue weighted by Crippen LogP contribution is -2.11. The van der Waals surface area contributed by atoms with Gasteiger partial charge in [0, 0.05) is 18.1 Å². The number of hydrogen-bond acceptors (Lipinski definition) is 5. The third kappa shape index (κ3) is 3.40. The molecule has 0 spiro atoms. The summed E-state index contributed by atoms with van der Waals surface area (Å²) in [5.41, 5.74) is 1.57. The van der Waals surface area contributed by atoms with E-state index in [-0.39, 0.29) is 11.7 Å². The van der Waals surface area contributed by atoms with Crippen LogP contribution in [0, 0.1) is 0 Å². The molecule has 2 heterocycles. The molecule has 3 aromatic rings. The topological polar surface area (TPSA) is 80.0 Å². The largest absolute Gasteiger partial charge is 0.507 e. The summed E-state index contributed by atoms with van der Waals surface area (Å²) in [6, 6.07) is 6.93. The number of hydrogen-bond donors (Lipinski definition) is 2. The minimum absolute atomic E-state index is 0.148. The molecule has 1 aromatic carbocycles. The molecule has 0 saturated heterocycles. The molecule has 0 radical (unpaired) electrons. The number of para-hydroxylation sites is 1. The first-order valence-corrected chi connectivity index (χ1v) is 8.13. The second kappa shape index (κ2) is 6.62. The quantitative estimate of drug-likeness (QED) is 0.752. The Bertz CT molecular complexity index is 825. The standard InChI is InChI=1S/C16H16N4O2S/c1-2-7-20-9-11(8-17-20)18-15(22)13-10-23-16(19-13)12-5-3-4-6-14(12)21/h3-6,8-10,21H,2,7H2,1H3,(H,18,22). The van der Waals surface area contributed by atoms with Gasteiger partial charge in [-0.2, -0.15) is 5.10 Å². The van der Waals surface area contributed by atoms with Crippen molar-refractivity contribution in [1.29, 1.82) is 0 Å². The van der Waals surface area contributed by atoms with E-state index in [1.54, 1.807) is 40.7 Å². The molecule has 3 rings (SSSR count). The van der Waals surface area contributed by atoms with Crippen LogP contribution in [0.1, 0.15) is 23.8 Å².